The van der Waals surface area contributed by atoms with Crippen LogP contribution >= 0.6 is 0 Å². The van der Waals surface area contributed by atoms with Crippen LogP contribution in [-0.4, -0.2) is 43.8 Å². The average molecular weight is 382 g/mol. The number of carbonyl (C=O) groups is 1. The lowest BCUT2D eigenvalue weighted by Crippen LogP contribution is -2.29. The highest BCUT2D eigenvalue weighted by molar-refractivity contribution is 5.79. The molecule has 2 N–H and O–H groups in total. The van der Waals surface area contributed by atoms with Crippen molar-refractivity contribution < 1.29 is 19.4 Å². The number of rotatable bonds is 9. The minimum absolute atomic E-state index is 0.00183. The molecule has 0 saturated heterocycles. The fraction of sp³-hybridized carbons (Fsp3) is 0.350. The maximum Gasteiger partial charge on any atom is 0.407 e. The van der Waals surface area contributed by atoms with Crippen molar-refractivity contribution in [1.29, 1.82) is 0 Å². The first-order valence-electron chi connectivity index (χ1n) is 9.10. The number of aliphatic hydroxyl groups is 1. The molecule has 1 unspecified atom stereocenters. The lowest BCUT2D eigenvalue weighted by atomic mass is 9.98. The van der Waals surface area contributed by atoms with E-state index in [4.69, 9.17) is 20.1 Å². The van der Waals surface area contributed by atoms with Crippen LogP contribution in [0.1, 0.15) is 23.5 Å². The van der Waals surface area contributed by atoms with Gasteiger partial charge in [-0.25, -0.2) is 4.79 Å². The number of carbonyl (C=O) groups excluding carboxylic acids is 1. The second kappa shape index (κ2) is 9.75. The van der Waals surface area contributed by atoms with Crippen molar-refractivity contribution in [3.8, 4) is 11.1 Å². The monoisotopic (exact) mass is 382 g/mol. The number of hydrogen-bond acceptors (Lipinski definition) is 5. The maximum absolute atomic E-state index is 12.1. The minimum atomic E-state index is -0.744. The second-order valence-electron chi connectivity index (χ2n) is 6.29. The standard InChI is InChI=1S/C20H22N4O4/c21-24-23-19(27-12-11-25)9-10-22-20(26)28-13-18-16-7-3-1-5-14(16)15-6-2-4-8-17(15)18/h1-8,18-19,25H,9-13H2,(H,22,26). The number of aliphatic hydroxyl groups excluding tert-OH is 1. The molecule has 0 fully saturated rings. The Morgan fingerprint density at radius 3 is 2.43 bits per heavy atom. The van der Waals surface area contributed by atoms with Gasteiger partial charge in [0.25, 0.3) is 0 Å². The number of azide groups is 1. The van der Waals surface area contributed by atoms with Crippen molar-refractivity contribution in [3.05, 3.63) is 70.1 Å². The third kappa shape index (κ3) is 4.61. The van der Waals surface area contributed by atoms with Crippen molar-refractivity contribution in [2.24, 2.45) is 5.11 Å². The summed E-state index contributed by atoms with van der Waals surface area (Å²) in [5.74, 6) is 0.00183. The number of alkyl carbamates (subject to hydrolysis) is 1. The van der Waals surface area contributed by atoms with Crippen molar-refractivity contribution in [2.45, 2.75) is 18.6 Å². The van der Waals surface area contributed by atoms with Crippen LogP contribution in [0, 0.1) is 0 Å². The summed E-state index contributed by atoms with van der Waals surface area (Å²) in [6.07, 6.45) is -0.997. The summed E-state index contributed by atoms with van der Waals surface area (Å²) in [5, 5.41) is 14.9. The van der Waals surface area contributed by atoms with Gasteiger partial charge in [-0.15, -0.1) is 0 Å². The lowest BCUT2D eigenvalue weighted by Gasteiger charge is -2.15. The first-order valence-corrected chi connectivity index (χ1v) is 9.10. The third-order valence-corrected chi connectivity index (χ3v) is 4.59. The van der Waals surface area contributed by atoms with Crippen molar-refractivity contribution in [1.82, 2.24) is 5.32 Å². The van der Waals surface area contributed by atoms with E-state index in [0.717, 1.165) is 11.1 Å². The van der Waals surface area contributed by atoms with Gasteiger partial charge in [0, 0.05) is 17.4 Å². The zero-order valence-electron chi connectivity index (χ0n) is 15.3. The zero-order valence-corrected chi connectivity index (χ0v) is 15.3. The number of fused-ring (bicyclic) bond motifs is 3. The Bertz CT molecular complexity index is 821. The van der Waals surface area contributed by atoms with Gasteiger partial charge in [-0.1, -0.05) is 53.6 Å². The van der Waals surface area contributed by atoms with E-state index in [1.807, 2.05) is 24.3 Å². The predicted molar refractivity (Wildman–Crippen MR) is 104 cm³/mol. The quantitative estimate of drug-likeness (QED) is 0.392. The Morgan fingerprint density at radius 1 is 1.18 bits per heavy atom. The van der Waals surface area contributed by atoms with Crippen LogP contribution in [0.3, 0.4) is 0 Å². The van der Waals surface area contributed by atoms with Gasteiger partial charge >= 0.3 is 6.09 Å². The molecular formula is C20H22N4O4. The average Bonchev–Trinajstić information content (AvgIpc) is 3.04. The van der Waals surface area contributed by atoms with Crippen LogP contribution in [0.4, 0.5) is 4.79 Å². The number of nitrogens with one attached hydrogen (secondary N) is 1. The number of hydrogen-bond donors (Lipinski definition) is 2. The molecule has 0 aromatic heterocycles. The Balaban J connectivity index is 1.53. The highest BCUT2D eigenvalue weighted by Gasteiger charge is 2.28. The van der Waals surface area contributed by atoms with Gasteiger partial charge in [-0.2, -0.15) is 0 Å². The maximum atomic E-state index is 12.1. The zero-order chi connectivity index (χ0) is 19.8. The summed E-state index contributed by atoms with van der Waals surface area (Å²) in [6.45, 7) is 0.359. The predicted octanol–water partition coefficient (Wildman–Crippen LogP) is 3.56. The smallest absolute Gasteiger partial charge is 0.407 e. The summed E-state index contributed by atoms with van der Waals surface area (Å²) >= 11 is 0. The highest BCUT2D eigenvalue weighted by atomic mass is 16.5. The van der Waals surface area contributed by atoms with E-state index in [2.05, 4.69) is 39.6 Å². The normalized spacial score (nSPS) is 13.2. The minimum Gasteiger partial charge on any atom is -0.449 e. The van der Waals surface area contributed by atoms with Gasteiger partial charge in [0.15, 0.2) is 0 Å². The van der Waals surface area contributed by atoms with Crippen molar-refractivity contribution in [2.75, 3.05) is 26.4 Å². The molecule has 1 amide bonds. The SMILES string of the molecule is [N-]=[N+]=NC(CCNC(=O)OCC1c2ccccc2-c2ccccc21)OCCO. The fourth-order valence-electron chi connectivity index (χ4n) is 3.37. The molecule has 0 bridgehead atoms. The molecule has 8 heteroatoms. The van der Waals surface area contributed by atoms with Crippen LogP contribution in [0.5, 0.6) is 0 Å². The van der Waals surface area contributed by atoms with Crippen LogP contribution in [0.25, 0.3) is 21.6 Å². The summed E-state index contributed by atoms with van der Waals surface area (Å²) in [4.78, 5) is 14.8. The molecule has 28 heavy (non-hydrogen) atoms. The molecule has 0 saturated carbocycles. The molecule has 0 aliphatic heterocycles. The van der Waals surface area contributed by atoms with E-state index in [9.17, 15) is 4.79 Å². The molecule has 0 heterocycles. The van der Waals surface area contributed by atoms with Crippen LogP contribution in [-0.2, 0) is 9.47 Å². The molecule has 146 valence electrons. The molecular weight excluding hydrogens is 360 g/mol. The molecule has 2 aromatic carbocycles. The Morgan fingerprint density at radius 2 is 1.82 bits per heavy atom. The van der Waals surface area contributed by atoms with Crippen molar-refractivity contribution >= 4 is 6.09 Å². The topological polar surface area (TPSA) is 117 Å². The first-order chi connectivity index (χ1) is 13.7. The summed E-state index contributed by atoms with van der Waals surface area (Å²) < 4.78 is 10.6. The third-order valence-electron chi connectivity index (χ3n) is 4.59. The largest absolute Gasteiger partial charge is 0.449 e. The Kier molecular flexibility index (Phi) is 6.86. The fourth-order valence-corrected chi connectivity index (χ4v) is 3.37. The van der Waals surface area contributed by atoms with Gasteiger partial charge in [-0.3, -0.25) is 0 Å². The van der Waals surface area contributed by atoms with E-state index < -0.39 is 12.3 Å². The Labute approximate surface area is 162 Å². The van der Waals surface area contributed by atoms with Crippen LogP contribution < -0.4 is 5.32 Å². The summed E-state index contributed by atoms with van der Waals surface area (Å²) in [7, 11) is 0. The molecule has 2 aromatic rings. The number of nitrogens with zero attached hydrogens (tertiary/aromatic N) is 3. The van der Waals surface area contributed by atoms with Gasteiger partial charge in [0.2, 0.25) is 0 Å². The lowest BCUT2D eigenvalue weighted by molar-refractivity contribution is 0.0282. The van der Waals surface area contributed by atoms with Crippen molar-refractivity contribution in [3.63, 3.8) is 0 Å². The molecule has 3 rings (SSSR count). The van der Waals surface area contributed by atoms with Crippen LogP contribution in [0.15, 0.2) is 53.6 Å². The molecule has 1 atom stereocenters. The number of ether oxygens (including phenoxy) is 2. The summed E-state index contributed by atoms with van der Waals surface area (Å²) in [5.41, 5.74) is 13.2. The van der Waals surface area contributed by atoms with Gasteiger partial charge in [-0.05, 0) is 34.2 Å². The van der Waals surface area contributed by atoms with E-state index in [1.165, 1.54) is 11.1 Å². The molecule has 0 spiro atoms. The highest BCUT2D eigenvalue weighted by Crippen LogP contribution is 2.44. The second-order valence-corrected chi connectivity index (χ2v) is 6.29. The van der Waals surface area contributed by atoms with E-state index in [-0.39, 0.29) is 38.7 Å². The number of benzene rings is 2. The molecule has 0 radical (unpaired) electrons. The Hall–Kier alpha value is -3.06. The molecule has 1 aliphatic rings. The van der Waals surface area contributed by atoms with Gasteiger partial charge < -0.3 is 19.9 Å². The molecule has 8 nitrogen and oxygen atoms in total. The van der Waals surface area contributed by atoms with Crippen LogP contribution in [0.2, 0.25) is 0 Å². The first kappa shape index (κ1) is 19.7. The number of amides is 1. The summed E-state index contributed by atoms with van der Waals surface area (Å²) in [6, 6.07) is 16.3. The van der Waals surface area contributed by atoms with E-state index in [1.54, 1.807) is 0 Å². The van der Waals surface area contributed by atoms with Gasteiger partial charge in [0.05, 0.1) is 13.2 Å². The molecule has 1 aliphatic carbocycles. The van der Waals surface area contributed by atoms with Gasteiger partial charge in [0.1, 0.15) is 12.8 Å². The van der Waals surface area contributed by atoms with E-state index in [0.29, 0.717) is 0 Å². The van der Waals surface area contributed by atoms with E-state index >= 15 is 0 Å².